The van der Waals surface area contributed by atoms with Crippen molar-refractivity contribution in [3.63, 3.8) is 0 Å². The number of halogens is 1. The molecular weight excluding hydrogens is 286 g/mol. The molecule has 2 aromatic rings. The minimum Gasteiger partial charge on any atom is -0.357 e. The Labute approximate surface area is 127 Å². The maximum Gasteiger partial charge on any atom is 0.253 e. The molecule has 108 valence electrons. The first-order chi connectivity index (χ1) is 10.1. The van der Waals surface area contributed by atoms with Crippen LogP contribution in [-0.2, 0) is 12.8 Å². The van der Waals surface area contributed by atoms with Crippen molar-refractivity contribution in [3.05, 3.63) is 39.8 Å². The van der Waals surface area contributed by atoms with Gasteiger partial charge in [0.05, 0.1) is 11.3 Å². The highest BCUT2D eigenvalue weighted by molar-refractivity contribution is 6.29. The molecule has 0 saturated heterocycles. The van der Waals surface area contributed by atoms with Gasteiger partial charge in [0.15, 0.2) is 0 Å². The molecule has 1 aliphatic heterocycles. The van der Waals surface area contributed by atoms with Gasteiger partial charge in [-0.25, -0.2) is 4.98 Å². The molecule has 4 nitrogen and oxygen atoms in total. The minimum atomic E-state index is 0.0386. The molecule has 2 aromatic heterocycles. The lowest BCUT2D eigenvalue weighted by molar-refractivity contribution is 0.0920. The van der Waals surface area contributed by atoms with E-state index in [2.05, 4.69) is 22.2 Å². The molecule has 2 N–H and O–H groups in total. The lowest BCUT2D eigenvalue weighted by Crippen LogP contribution is -2.41. The van der Waals surface area contributed by atoms with Gasteiger partial charge in [0.2, 0.25) is 0 Å². The molecule has 0 aromatic carbocycles. The van der Waals surface area contributed by atoms with E-state index >= 15 is 0 Å². The summed E-state index contributed by atoms with van der Waals surface area (Å²) in [5, 5.41) is 3.55. The molecule has 2 aliphatic rings. The van der Waals surface area contributed by atoms with Crippen LogP contribution in [-0.4, -0.2) is 21.9 Å². The number of fused-ring (bicyclic) bond motifs is 5. The van der Waals surface area contributed by atoms with Crippen molar-refractivity contribution in [1.82, 2.24) is 15.3 Å². The molecule has 0 bridgehead atoms. The molecule has 1 amide bonds. The van der Waals surface area contributed by atoms with Gasteiger partial charge in [0.25, 0.3) is 5.91 Å². The topological polar surface area (TPSA) is 57.8 Å². The second kappa shape index (κ2) is 4.34. The second-order valence-electron chi connectivity index (χ2n) is 5.98. The number of carbonyl (C=O) groups excluding carboxylic acids is 1. The zero-order valence-corrected chi connectivity index (χ0v) is 12.7. The maximum absolute atomic E-state index is 12.4. The Morgan fingerprint density at radius 2 is 2.14 bits per heavy atom. The number of nitrogens with zero attached hydrogens (tertiary/aromatic N) is 1. The summed E-state index contributed by atoms with van der Waals surface area (Å²) in [6.45, 7) is 4.19. The Bertz CT molecular complexity index is 765. The molecule has 0 spiro atoms. The van der Waals surface area contributed by atoms with Crippen LogP contribution in [0.4, 0.5) is 0 Å². The largest absolute Gasteiger partial charge is 0.357 e. The lowest BCUT2D eigenvalue weighted by atomic mass is 9.86. The predicted molar refractivity (Wildman–Crippen MR) is 81.8 cm³/mol. The Kier molecular flexibility index (Phi) is 2.67. The van der Waals surface area contributed by atoms with Crippen LogP contribution in [0.3, 0.4) is 0 Å². The van der Waals surface area contributed by atoms with Crippen LogP contribution in [0.5, 0.6) is 0 Å². The molecule has 0 saturated carbocycles. The number of rotatable bonds is 0. The fourth-order valence-electron chi connectivity index (χ4n) is 3.44. The summed E-state index contributed by atoms with van der Waals surface area (Å²) >= 11 is 6.05. The van der Waals surface area contributed by atoms with Crippen molar-refractivity contribution >= 4 is 17.5 Å². The zero-order valence-electron chi connectivity index (χ0n) is 12.0. The van der Waals surface area contributed by atoms with Gasteiger partial charge < -0.3 is 10.3 Å². The molecule has 4 rings (SSSR count). The van der Waals surface area contributed by atoms with Crippen LogP contribution < -0.4 is 5.32 Å². The third kappa shape index (κ3) is 1.75. The third-order valence-corrected chi connectivity index (χ3v) is 5.00. The van der Waals surface area contributed by atoms with Crippen LogP contribution in [0.15, 0.2) is 12.3 Å². The molecule has 1 aliphatic carbocycles. The summed E-state index contributed by atoms with van der Waals surface area (Å²) in [7, 11) is 0. The number of H-pyrrole nitrogens is 1. The van der Waals surface area contributed by atoms with E-state index in [0.717, 1.165) is 40.9 Å². The molecule has 3 heterocycles. The Morgan fingerprint density at radius 3 is 2.95 bits per heavy atom. The van der Waals surface area contributed by atoms with Crippen LogP contribution in [0.2, 0.25) is 5.15 Å². The van der Waals surface area contributed by atoms with Crippen LogP contribution in [0, 0.1) is 0 Å². The summed E-state index contributed by atoms with van der Waals surface area (Å²) in [6.07, 6.45) is 3.60. The van der Waals surface area contributed by atoms with Gasteiger partial charge in [-0.3, -0.25) is 4.79 Å². The van der Waals surface area contributed by atoms with Crippen LogP contribution >= 0.6 is 11.6 Å². The molecular formula is C16H16ClN3O. The lowest BCUT2D eigenvalue weighted by Gasteiger charge is -2.27. The number of amides is 1. The summed E-state index contributed by atoms with van der Waals surface area (Å²) in [5.41, 5.74) is 6.33. The number of carbonyl (C=O) groups is 1. The summed E-state index contributed by atoms with van der Waals surface area (Å²) < 4.78 is 0. The predicted octanol–water partition coefficient (Wildman–Crippen LogP) is 3.06. The van der Waals surface area contributed by atoms with Crippen LogP contribution in [0.25, 0.3) is 11.3 Å². The van der Waals surface area contributed by atoms with Gasteiger partial charge in [-0.2, -0.15) is 0 Å². The third-order valence-electron chi connectivity index (χ3n) is 4.79. The molecule has 2 atom stereocenters. The van der Waals surface area contributed by atoms with E-state index in [1.165, 1.54) is 5.56 Å². The zero-order chi connectivity index (χ0) is 14.7. The van der Waals surface area contributed by atoms with Crippen molar-refractivity contribution in [2.24, 2.45) is 0 Å². The number of hydrogen-bond donors (Lipinski definition) is 2. The van der Waals surface area contributed by atoms with Gasteiger partial charge in [0, 0.05) is 29.4 Å². The van der Waals surface area contributed by atoms with Crippen LogP contribution in [0.1, 0.15) is 46.9 Å². The quantitative estimate of drug-likeness (QED) is 0.735. The number of pyridine rings is 1. The van der Waals surface area contributed by atoms with Gasteiger partial charge in [-0.15, -0.1) is 0 Å². The SMILES string of the molecule is CC1NC(=O)c2c([nH]c3c2CCc2cnc(Cl)cc2-3)C1C. The van der Waals surface area contributed by atoms with Crippen molar-refractivity contribution < 1.29 is 4.79 Å². The van der Waals surface area contributed by atoms with E-state index in [1.807, 2.05) is 19.2 Å². The van der Waals surface area contributed by atoms with Crippen molar-refractivity contribution in [2.75, 3.05) is 0 Å². The van der Waals surface area contributed by atoms with E-state index in [9.17, 15) is 4.79 Å². The average molecular weight is 302 g/mol. The fourth-order valence-corrected chi connectivity index (χ4v) is 3.60. The molecule has 2 unspecified atom stereocenters. The standard InChI is InChI=1S/C16H16ClN3O/c1-7-8(2)19-16(21)13-10-4-3-9-6-18-12(17)5-11(9)15(10)20-14(7)13/h5-8,20H,3-4H2,1-2H3,(H,19,21). The highest BCUT2D eigenvalue weighted by Gasteiger charge is 2.35. The number of nitrogens with one attached hydrogen (secondary N) is 2. The Balaban J connectivity index is 1.97. The smallest absolute Gasteiger partial charge is 0.253 e. The summed E-state index contributed by atoms with van der Waals surface area (Å²) in [4.78, 5) is 20.0. The highest BCUT2D eigenvalue weighted by Crippen LogP contribution is 2.40. The van der Waals surface area contributed by atoms with Crippen molar-refractivity contribution in [1.29, 1.82) is 0 Å². The second-order valence-corrected chi connectivity index (χ2v) is 6.37. The molecule has 0 radical (unpaired) electrons. The highest BCUT2D eigenvalue weighted by atomic mass is 35.5. The first kappa shape index (κ1) is 12.9. The summed E-state index contributed by atoms with van der Waals surface area (Å²) in [5.74, 6) is 0.320. The maximum atomic E-state index is 12.4. The molecule has 21 heavy (non-hydrogen) atoms. The molecule has 0 fully saturated rings. The number of hydrogen-bond acceptors (Lipinski definition) is 2. The van der Waals surface area contributed by atoms with Crippen molar-refractivity contribution in [2.45, 2.75) is 38.6 Å². The normalized spacial score (nSPS) is 23.1. The number of aromatic amines is 1. The van der Waals surface area contributed by atoms with E-state index < -0.39 is 0 Å². The Hall–Kier alpha value is -1.81. The van der Waals surface area contributed by atoms with E-state index in [0.29, 0.717) is 5.15 Å². The fraction of sp³-hybridized carbons (Fsp3) is 0.375. The minimum absolute atomic E-state index is 0.0386. The average Bonchev–Trinajstić information content (AvgIpc) is 2.85. The van der Waals surface area contributed by atoms with E-state index in [4.69, 9.17) is 11.6 Å². The first-order valence-electron chi connectivity index (χ1n) is 7.26. The van der Waals surface area contributed by atoms with Gasteiger partial charge in [-0.05, 0) is 37.0 Å². The monoisotopic (exact) mass is 301 g/mol. The van der Waals surface area contributed by atoms with E-state index in [-0.39, 0.29) is 17.9 Å². The first-order valence-corrected chi connectivity index (χ1v) is 7.64. The molecule has 5 heteroatoms. The summed E-state index contributed by atoms with van der Waals surface area (Å²) in [6, 6.07) is 2.04. The van der Waals surface area contributed by atoms with E-state index in [1.54, 1.807) is 0 Å². The number of aromatic nitrogens is 2. The number of aryl methyl sites for hydroxylation is 1. The van der Waals surface area contributed by atoms with Crippen molar-refractivity contribution in [3.8, 4) is 11.3 Å². The van der Waals surface area contributed by atoms with Gasteiger partial charge in [-0.1, -0.05) is 18.5 Å². The van der Waals surface area contributed by atoms with Gasteiger partial charge >= 0.3 is 0 Å². The Morgan fingerprint density at radius 1 is 1.33 bits per heavy atom. The van der Waals surface area contributed by atoms with Gasteiger partial charge in [0.1, 0.15) is 5.15 Å².